The molecule has 0 aliphatic heterocycles. The molecule has 1 N–H and O–H groups in total. The molecule has 3 nitrogen and oxygen atoms in total. The van der Waals surface area contributed by atoms with E-state index in [2.05, 4.69) is 15.3 Å². The van der Waals surface area contributed by atoms with Crippen molar-refractivity contribution < 1.29 is 13.2 Å². The Hall–Kier alpha value is -1.33. The zero-order chi connectivity index (χ0) is 11.6. The van der Waals surface area contributed by atoms with Crippen LogP contribution < -0.4 is 5.32 Å². The van der Waals surface area contributed by atoms with Crippen molar-refractivity contribution in [3.05, 3.63) is 17.6 Å². The maximum absolute atomic E-state index is 12.4. The largest absolute Gasteiger partial charge is 0.433 e. The summed E-state index contributed by atoms with van der Waals surface area (Å²) < 4.78 is 37.1. The Morgan fingerprint density at radius 3 is 2.33 bits per heavy atom. The molecule has 0 bridgehead atoms. The van der Waals surface area contributed by atoms with Crippen molar-refractivity contribution in [1.29, 1.82) is 0 Å². The summed E-state index contributed by atoms with van der Waals surface area (Å²) in [7, 11) is 0. The lowest BCUT2D eigenvalue weighted by Gasteiger charge is -2.12. The first kappa shape index (κ1) is 11.7. The lowest BCUT2D eigenvalue weighted by Crippen LogP contribution is -2.15. The Labute approximate surface area is 85.7 Å². The summed E-state index contributed by atoms with van der Waals surface area (Å²) in [4.78, 5) is 7.20. The predicted octanol–water partition coefficient (Wildman–Crippen LogP) is 2.62. The molecule has 0 amide bonds. The van der Waals surface area contributed by atoms with Crippen LogP contribution in [-0.4, -0.2) is 16.0 Å². The fourth-order valence-corrected chi connectivity index (χ4v) is 1.08. The van der Waals surface area contributed by atoms with E-state index in [9.17, 15) is 13.2 Å². The molecule has 15 heavy (non-hydrogen) atoms. The highest BCUT2D eigenvalue weighted by Gasteiger charge is 2.33. The van der Waals surface area contributed by atoms with E-state index in [4.69, 9.17) is 0 Å². The summed E-state index contributed by atoms with van der Waals surface area (Å²) in [6.07, 6.45) is -4.43. The Balaban J connectivity index is 3.06. The molecule has 0 saturated carbocycles. The number of rotatable bonds is 2. The van der Waals surface area contributed by atoms with Gasteiger partial charge in [-0.3, -0.25) is 0 Å². The molecule has 0 unspecified atom stereocenters. The molecule has 1 heterocycles. The van der Waals surface area contributed by atoms with Gasteiger partial charge in [0.25, 0.3) is 0 Å². The van der Waals surface area contributed by atoms with Crippen LogP contribution in [0.2, 0.25) is 0 Å². The number of alkyl halides is 3. The second-order valence-electron chi connectivity index (χ2n) is 3.48. The van der Waals surface area contributed by atoms with Crippen LogP contribution in [0.5, 0.6) is 0 Å². The van der Waals surface area contributed by atoms with Crippen molar-refractivity contribution in [3.8, 4) is 0 Å². The van der Waals surface area contributed by atoms with E-state index in [1.807, 2.05) is 13.8 Å². The molecule has 0 atom stereocenters. The quantitative estimate of drug-likeness (QED) is 0.830. The fourth-order valence-electron chi connectivity index (χ4n) is 1.08. The minimum absolute atomic E-state index is 0.0281. The van der Waals surface area contributed by atoms with E-state index >= 15 is 0 Å². The molecule has 6 heteroatoms. The Kier molecular flexibility index (Phi) is 3.16. The van der Waals surface area contributed by atoms with Gasteiger partial charge in [-0.05, 0) is 20.8 Å². The van der Waals surface area contributed by atoms with Crippen molar-refractivity contribution in [1.82, 2.24) is 9.97 Å². The SMILES string of the molecule is Cc1nc(NC(C)C)cc(C(F)(F)F)n1. The lowest BCUT2D eigenvalue weighted by atomic mass is 10.3. The molecule has 84 valence electrons. The lowest BCUT2D eigenvalue weighted by molar-refractivity contribution is -0.141. The van der Waals surface area contributed by atoms with E-state index in [1.54, 1.807) is 0 Å². The molecule has 0 aliphatic rings. The number of nitrogens with zero attached hydrogens (tertiary/aromatic N) is 2. The molecule has 0 fully saturated rings. The number of aryl methyl sites for hydroxylation is 1. The van der Waals surface area contributed by atoms with Crippen molar-refractivity contribution in [2.75, 3.05) is 5.32 Å². The maximum Gasteiger partial charge on any atom is 0.433 e. The van der Waals surface area contributed by atoms with Crippen LogP contribution in [0.15, 0.2) is 6.07 Å². The number of anilines is 1. The number of nitrogens with one attached hydrogen (secondary N) is 1. The van der Waals surface area contributed by atoms with E-state index in [0.717, 1.165) is 6.07 Å². The summed E-state index contributed by atoms with van der Waals surface area (Å²) in [5.41, 5.74) is -0.918. The molecule has 0 saturated heterocycles. The molecule has 0 spiro atoms. The van der Waals surface area contributed by atoms with Crippen LogP contribution >= 0.6 is 0 Å². The third-order valence-corrected chi connectivity index (χ3v) is 1.56. The minimum atomic E-state index is -4.43. The van der Waals surface area contributed by atoms with E-state index < -0.39 is 11.9 Å². The highest BCUT2D eigenvalue weighted by molar-refractivity contribution is 5.37. The van der Waals surface area contributed by atoms with Gasteiger partial charge in [-0.15, -0.1) is 0 Å². The highest BCUT2D eigenvalue weighted by Crippen LogP contribution is 2.28. The van der Waals surface area contributed by atoms with Gasteiger partial charge in [-0.1, -0.05) is 0 Å². The molecule has 1 aromatic rings. The van der Waals surface area contributed by atoms with Crippen LogP contribution in [0, 0.1) is 6.92 Å². The van der Waals surface area contributed by atoms with Crippen LogP contribution in [0.25, 0.3) is 0 Å². The zero-order valence-corrected chi connectivity index (χ0v) is 8.68. The summed E-state index contributed by atoms with van der Waals surface area (Å²) in [5.74, 6) is 0.304. The number of aromatic nitrogens is 2. The van der Waals surface area contributed by atoms with Crippen molar-refractivity contribution >= 4 is 5.82 Å². The van der Waals surface area contributed by atoms with Gasteiger partial charge in [0.15, 0.2) is 0 Å². The van der Waals surface area contributed by atoms with E-state index in [-0.39, 0.29) is 17.7 Å². The van der Waals surface area contributed by atoms with Gasteiger partial charge in [-0.2, -0.15) is 13.2 Å². The zero-order valence-electron chi connectivity index (χ0n) is 8.68. The highest BCUT2D eigenvalue weighted by atomic mass is 19.4. The third kappa shape index (κ3) is 3.38. The van der Waals surface area contributed by atoms with Gasteiger partial charge in [0.05, 0.1) is 0 Å². The molecule has 1 aromatic heterocycles. The van der Waals surface area contributed by atoms with Crippen molar-refractivity contribution in [3.63, 3.8) is 0 Å². The van der Waals surface area contributed by atoms with E-state index in [1.165, 1.54) is 6.92 Å². The Morgan fingerprint density at radius 2 is 1.87 bits per heavy atom. The van der Waals surface area contributed by atoms with Gasteiger partial charge < -0.3 is 5.32 Å². The second kappa shape index (κ2) is 4.04. The molecular formula is C9H12F3N3. The van der Waals surface area contributed by atoms with Gasteiger partial charge in [0.1, 0.15) is 17.3 Å². The smallest absolute Gasteiger partial charge is 0.368 e. The predicted molar refractivity (Wildman–Crippen MR) is 50.5 cm³/mol. The first-order chi connectivity index (χ1) is 6.79. The van der Waals surface area contributed by atoms with Crippen LogP contribution in [0.1, 0.15) is 25.4 Å². The van der Waals surface area contributed by atoms with E-state index in [0.29, 0.717) is 0 Å². The molecule has 1 rings (SSSR count). The Morgan fingerprint density at radius 1 is 1.27 bits per heavy atom. The average molecular weight is 219 g/mol. The van der Waals surface area contributed by atoms with Crippen LogP contribution in [-0.2, 0) is 6.18 Å². The minimum Gasteiger partial charge on any atom is -0.368 e. The molecule has 0 aromatic carbocycles. The van der Waals surface area contributed by atoms with Gasteiger partial charge >= 0.3 is 6.18 Å². The number of hydrogen-bond donors (Lipinski definition) is 1. The third-order valence-electron chi connectivity index (χ3n) is 1.56. The molecule has 0 radical (unpaired) electrons. The van der Waals surface area contributed by atoms with Crippen molar-refractivity contribution in [2.45, 2.75) is 33.0 Å². The maximum atomic E-state index is 12.4. The topological polar surface area (TPSA) is 37.8 Å². The molecule has 0 aliphatic carbocycles. The molecular weight excluding hydrogens is 207 g/mol. The fraction of sp³-hybridized carbons (Fsp3) is 0.556. The van der Waals surface area contributed by atoms with Gasteiger partial charge in [0, 0.05) is 12.1 Å². The van der Waals surface area contributed by atoms with Crippen LogP contribution in [0.4, 0.5) is 19.0 Å². The summed E-state index contributed by atoms with van der Waals surface area (Å²) in [6, 6.07) is 0.938. The standard InChI is InChI=1S/C9H12F3N3/c1-5(2)13-8-4-7(9(10,11)12)14-6(3)15-8/h4-5H,1-3H3,(H,13,14,15). The summed E-state index contributed by atoms with van der Waals surface area (Å²) >= 11 is 0. The van der Waals surface area contributed by atoms with Gasteiger partial charge in [0.2, 0.25) is 0 Å². The van der Waals surface area contributed by atoms with Crippen LogP contribution in [0.3, 0.4) is 0 Å². The monoisotopic (exact) mass is 219 g/mol. The normalized spacial score (nSPS) is 11.9. The second-order valence-corrected chi connectivity index (χ2v) is 3.48. The summed E-state index contributed by atoms with van der Waals surface area (Å²) in [6.45, 7) is 5.08. The first-order valence-corrected chi connectivity index (χ1v) is 4.48. The number of hydrogen-bond acceptors (Lipinski definition) is 3. The average Bonchev–Trinajstić information content (AvgIpc) is 1.99. The van der Waals surface area contributed by atoms with Gasteiger partial charge in [-0.25, -0.2) is 9.97 Å². The summed E-state index contributed by atoms with van der Waals surface area (Å²) in [5, 5.41) is 2.81. The number of halogens is 3. The Bertz CT molecular complexity index is 347. The van der Waals surface area contributed by atoms with Crippen molar-refractivity contribution in [2.24, 2.45) is 0 Å². The first-order valence-electron chi connectivity index (χ1n) is 4.48.